The van der Waals surface area contributed by atoms with E-state index in [1.165, 1.54) is 11.7 Å². The van der Waals surface area contributed by atoms with E-state index in [4.69, 9.17) is 14.2 Å². The minimum absolute atomic E-state index is 0.00353. The van der Waals surface area contributed by atoms with Gasteiger partial charge in [0.1, 0.15) is 11.9 Å². The predicted octanol–water partition coefficient (Wildman–Crippen LogP) is 2.88. The second-order valence-corrected chi connectivity index (χ2v) is 12.4. The summed E-state index contributed by atoms with van der Waals surface area (Å²) in [5.41, 5.74) is 1.17. The summed E-state index contributed by atoms with van der Waals surface area (Å²) < 4.78 is 18.9. The van der Waals surface area contributed by atoms with Crippen molar-refractivity contribution in [3.63, 3.8) is 0 Å². The van der Waals surface area contributed by atoms with Crippen molar-refractivity contribution >= 4 is 8.32 Å². The van der Waals surface area contributed by atoms with Crippen LogP contribution in [0.4, 0.5) is 0 Å². The van der Waals surface area contributed by atoms with Crippen LogP contribution in [0.25, 0.3) is 5.69 Å². The van der Waals surface area contributed by atoms with Crippen molar-refractivity contribution in [3.05, 3.63) is 52.4 Å². The van der Waals surface area contributed by atoms with Crippen molar-refractivity contribution in [2.45, 2.75) is 44.2 Å². The van der Waals surface area contributed by atoms with Crippen LogP contribution in [0.3, 0.4) is 0 Å². The van der Waals surface area contributed by atoms with Crippen LogP contribution in [0.15, 0.2) is 41.3 Å². The summed E-state index contributed by atoms with van der Waals surface area (Å²) in [5.74, 6) is 0.895. The third-order valence-electron chi connectivity index (χ3n) is 5.97. The van der Waals surface area contributed by atoms with Gasteiger partial charge in [0.25, 0.3) is 5.56 Å². The van der Waals surface area contributed by atoms with E-state index in [1.54, 1.807) is 25.4 Å². The molecular weight excluding hydrogens is 402 g/mol. The molecule has 1 aliphatic heterocycles. The maximum Gasteiger partial charge on any atom is 0.297 e. The smallest absolute Gasteiger partial charge is 0.297 e. The quantitative estimate of drug-likeness (QED) is 0.653. The zero-order valence-electron chi connectivity index (χ0n) is 18.2. The lowest BCUT2D eigenvalue weighted by atomic mass is 9.86. The summed E-state index contributed by atoms with van der Waals surface area (Å²) in [7, 11) is 0.543. The highest BCUT2D eigenvalue weighted by Gasteiger charge is 2.46. The molecule has 0 spiro atoms. The summed E-state index contributed by atoms with van der Waals surface area (Å²) >= 11 is 0. The van der Waals surface area contributed by atoms with Crippen LogP contribution >= 0.6 is 0 Å². The summed E-state index contributed by atoms with van der Waals surface area (Å²) in [4.78, 5) is 23.5. The molecule has 0 bridgehead atoms. The molecule has 0 aliphatic carbocycles. The minimum Gasteiger partial charge on any atom is -0.491 e. The van der Waals surface area contributed by atoms with Gasteiger partial charge in [0.2, 0.25) is 0 Å². The molecule has 30 heavy (non-hydrogen) atoms. The number of aromatic nitrogens is 1. The molecule has 4 atom stereocenters. The molecule has 3 rings (SSSR count). The normalized spacial score (nSPS) is 22.2. The molecule has 1 aromatic heterocycles. The number of aliphatic hydroxyl groups excluding tert-OH is 1. The Labute approximate surface area is 178 Å². The molecule has 2 heterocycles. The van der Waals surface area contributed by atoms with Gasteiger partial charge in [0.15, 0.2) is 14.1 Å². The molecule has 0 amide bonds. The standard InChI is InChI=1S/C22H31NO6Si/c1-14-20(28-3)16-13-15(23-11-6-7-18(27-2)22(23)25)8-9-17(16)29-21(14)19(10-12-24)30(4,5)26/h6-9,11,13-14,19-21,24,26H,10,12H2,1-5H3/t14-,19?,20-,21-/m1/s1. The lowest BCUT2D eigenvalue weighted by Gasteiger charge is -2.43. The third kappa shape index (κ3) is 4.18. The number of pyridine rings is 1. The van der Waals surface area contributed by atoms with E-state index < -0.39 is 8.32 Å². The zero-order chi connectivity index (χ0) is 22.1. The molecular formula is C22H31NO6Si. The van der Waals surface area contributed by atoms with Gasteiger partial charge < -0.3 is 24.1 Å². The average Bonchev–Trinajstić information content (AvgIpc) is 2.71. The largest absolute Gasteiger partial charge is 0.491 e. The fraction of sp³-hybridized carbons (Fsp3) is 0.500. The monoisotopic (exact) mass is 433 g/mol. The topological polar surface area (TPSA) is 90.2 Å². The van der Waals surface area contributed by atoms with Crippen molar-refractivity contribution in [2.75, 3.05) is 20.8 Å². The summed E-state index contributed by atoms with van der Waals surface area (Å²) in [5, 5.41) is 9.55. The minimum atomic E-state index is -2.58. The summed E-state index contributed by atoms with van der Waals surface area (Å²) in [6, 6.07) is 8.95. The highest BCUT2D eigenvalue weighted by atomic mass is 28.4. The van der Waals surface area contributed by atoms with Gasteiger partial charge in [-0.2, -0.15) is 0 Å². The molecule has 1 unspecified atom stereocenters. The third-order valence-corrected chi connectivity index (χ3v) is 8.40. The Kier molecular flexibility index (Phi) is 6.71. The second-order valence-electron chi connectivity index (χ2n) is 8.34. The molecule has 1 aliphatic rings. The van der Waals surface area contributed by atoms with Crippen molar-refractivity contribution in [3.8, 4) is 17.2 Å². The molecule has 0 radical (unpaired) electrons. The Balaban J connectivity index is 2.05. The molecule has 164 valence electrons. The Morgan fingerprint density at radius 3 is 2.60 bits per heavy atom. The zero-order valence-corrected chi connectivity index (χ0v) is 19.2. The fourth-order valence-electron chi connectivity index (χ4n) is 4.41. The van der Waals surface area contributed by atoms with Crippen LogP contribution in [0.5, 0.6) is 11.5 Å². The molecule has 8 heteroatoms. The molecule has 0 saturated heterocycles. The lowest BCUT2D eigenvalue weighted by Crippen LogP contribution is -2.48. The summed E-state index contributed by atoms with van der Waals surface area (Å²) in [6.07, 6.45) is 1.64. The van der Waals surface area contributed by atoms with E-state index in [0.717, 1.165) is 5.56 Å². The number of aliphatic hydroxyl groups is 1. The van der Waals surface area contributed by atoms with Crippen molar-refractivity contribution in [2.24, 2.45) is 5.92 Å². The second kappa shape index (κ2) is 8.93. The average molecular weight is 434 g/mol. The Bertz CT molecular complexity index is 938. The molecule has 0 saturated carbocycles. The highest BCUT2D eigenvalue weighted by Crippen LogP contribution is 2.46. The van der Waals surface area contributed by atoms with Gasteiger partial charge in [-0.05, 0) is 49.8 Å². The number of hydrogen-bond donors (Lipinski definition) is 2. The lowest BCUT2D eigenvalue weighted by molar-refractivity contribution is -0.0256. The summed E-state index contributed by atoms with van der Waals surface area (Å²) in [6.45, 7) is 5.78. The van der Waals surface area contributed by atoms with Crippen molar-refractivity contribution in [1.29, 1.82) is 0 Å². The number of fused-ring (bicyclic) bond motifs is 1. The van der Waals surface area contributed by atoms with E-state index in [2.05, 4.69) is 0 Å². The number of hydrogen-bond acceptors (Lipinski definition) is 6. The van der Waals surface area contributed by atoms with Gasteiger partial charge in [-0.25, -0.2) is 0 Å². The number of benzene rings is 1. The first-order chi connectivity index (χ1) is 14.2. The first-order valence-electron chi connectivity index (χ1n) is 10.2. The fourth-order valence-corrected chi connectivity index (χ4v) is 6.42. The van der Waals surface area contributed by atoms with E-state index >= 15 is 0 Å². The van der Waals surface area contributed by atoms with Crippen molar-refractivity contribution in [1.82, 2.24) is 4.57 Å². The van der Waals surface area contributed by atoms with E-state index in [1.807, 2.05) is 38.2 Å². The first kappa shape index (κ1) is 22.5. The highest BCUT2D eigenvalue weighted by molar-refractivity contribution is 6.71. The van der Waals surface area contributed by atoms with Crippen molar-refractivity contribution < 1.29 is 24.1 Å². The van der Waals surface area contributed by atoms with Crippen LogP contribution < -0.4 is 15.0 Å². The molecule has 0 fully saturated rings. The molecule has 7 nitrogen and oxygen atoms in total. The molecule has 2 N–H and O–H groups in total. The maximum atomic E-state index is 12.6. The van der Waals surface area contributed by atoms with Crippen LogP contribution in [-0.2, 0) is 4.74 Å². The van der Waals surface area contributed by atoms with Gasteiger partial charge in [0, 0.05) is 42.6 Å². The van der Waals surface area contributed by atoms with Gasteiger partial charge in [0.05, 0.1) is 13.2 Å². The van der Waals surface area contributed by atoms with E-state index in [9.17, 15) is 14.7 Å². The van der Waals surface area contributed by atoms with E-state index in [0.29, 0.717) is 17.9 Å². The van der Waals surface area contributed by atoms with Crippen LogP contribution in [0.2, 0.25) is 18.6 Å². The Morgan fingerprint density at radius 1 is 1.27 bits per heavy atom. The Morgan fingerprint density at radius 2 is 2.00 bits per heavy atom. The number of ether oxygens (including phenoxy) is 3. The van der Waals surface area contributed by atoms with Crippen LogP contribution in [0, 0.1) is 5.92 Å². The molecule has 1 aromatic carbocycles. The molecule has 2 aromatic rings. The number of rotatable bonds is 7. The van der Waals surface area contributed by atoms with Gasteiger partial charge in [-0.15, -0.1) is 0 Å². The SMILES string of the molecule is COc1cccn(-c2ccc3c(c2)[C@H](OC)[C@@H](C)[C@H](C(CCO)[Si](C)(C)O)O3)c1=O. The van der Waals surface area contributed by atoms with Gasteiger partial charge >= 0.3 is 0 Å². The van der Waals surface area contributed by atoms with Crippen LogP contribution in [-0.4, -0.2) is 49.7 Å². The maximum absolute atomic E-state index is 12.6. The van der Waals surface area contributed by atoms with Gasteiger partial charge in [-0.3, -0.25) is 9.36 Å². The van der Waals surface area contributed by atoms with Crippen LogP contribution in [0.1, 0.15) is 25.0 Å². The first-order valence-corrected chi connectivity index (χ1v) is 13.2. The number of nitrogens with zero attached hydrogens (tertiary/aromatic N) is 1. The predicted molar refractivity (Wildman–Crippen MR) is 117 cm³/mol. The van der Waals surface area contributed by atoms with Gasteiger partial charge in [-0.1, -0.05) is 6.92 Å². The van der Waals surface area contributed by atoms with E-state index in [-0.39, 0.29) is 41.6 Å². The number of methoxy groups -OCH3 is 2. The Hall–Kier alpha value is -2.13.